The summed E-state index contributed by atoms with van der Waals surface area (Å²) in [5, 5.41) is 0. The van der Waals surface area contributed by atoms with E-state index >= 15 is 0 Å². The lowest BCUT2D eigenvalue weighted by Crippen LogP contribution is -2.64. The van der Waals surface area contributed by atoms with E-state index in [1.807, 2.05) is 0 Å². The van der Waals surface area contributed by atoms with E-state index in [1.54, 1.807) is 0 Å². The molecule has 1 heterocycles. The van der Waals surface area contributed by atoms with Crippen molar-refractivity contribution in [1.82, 2.24) is 0 Å². The van der Waals surface area contributed by atoms with Crippen LogP contribution in [0.25, 0.3) is 0 Å². The molecule has 0 aromatic heterocycles. The summed E-state index contributed by atoms with van der Waals surface area (Å²) in [7, 11) is -2.14. The molecule has 82 valence electrons. The molecule has 4 heteroatoms. The number of allylic oxidation sites excluding steroid dienone is 1. The second-order valence-corrected chi connectivity index (χ2v) is 29.3. The zero-order chi connectivity index (χ0) is 11.0. The minimum absolute atomic E-state index is 0.0584. The zero-order valence-electron chi connectivity index (χ0n) is 10.3. The van der Waals surface area contributed by atoms with Crippen molar-refractivity contribution in [2.24, 2.45) is 0 Å². The first-order valence-electron chi connectivity index (χ1n) is 5.49. The Hall–Kier alpha value is 0.351. The van der Waals surface area contributed by atoms with Gasteiger partial charge in [-0.2, -0.15) is 0 Å². The van der Waals surface area contributed by atoms with Gasteiger partial charge in [-0.05, 0) is 32.5 Å². The zero-order valence-corrected chi connectivity index (χ0v) is 13.7. The van der Waals surface area contributed by atoms with Gasteiger partial charge >= 0.3 is 0 Å². The Morgan fingerprint density at radius 2 is 2.00 bits per heavy atom. The maximum Gasteiger partial charge on any atom is 0.171 e. The summed E-state index contributed by atoms with van der Waals surface area (Å²) in [6.07, 6.45) is 2.09. The molecule has 0 radical (unpaired) electrons. The van der Waals surface area contributed by atoms with E-state index in [4.69, 9.17) is 4.43 Å². The highest BCUT2D eigenvalue weighted by atomic mass is 29.6. The molecule has 1 rings (SSSR count). The molecule has 0 bridgehead atoms. The SMILES string of the molecule is C=CC[Si]1(C)OC(C)(C)C[Si](C)(C)[SiH2]1. The van der Waals surface area contributed by atoms with Crippen molar-refractivity contribution < 1.29 is 4.43 Å². The first-order valence-corrected chi connectivity index (χ1v) is 16.0. The molecule has 1 nitrogen and oxygen atoms in total. The molecule has 1 fully saturated rings. The van der Waals surface area contributed by atoms with Crippen molar-refractivity contribution in [1.29, 1.82) is 0 Å². The summed E-state index contributed by atoms with van der Waals surface area (Å²) in [4.78, 5) is 0. The van der Waals surface area contributed by atoms with Gasteiger partial charge in [-0.3, -0.25) is 0 Å². The fourth-order valence-electron chi connectivity index (χ4n) is 3.39. The predicted molar refractivity (Wildman–Crippen MR) is 72.6 cm³/mol. The monoisotopic (exact) mass is 244 g/mol. The summed E-state index contributed by atoms with van der Waals surface area (Å²) >= 11 is 0. The third-order valence-corrected chi connectivity index (χ3v) is 31.1. The Balaban J connectivity index is 2.85. The molecule has 1 aliphatic rings. The fraction of sp³-hybridized carbons (Fsp3) is 0.800. The van der Waals surface area contributed by atoms with E-state index in [2.05, 4.69) is 46.1 Å². The molecule has 1 unspecified atom stereocenters. The Morgan fingerprint density at radius 1 is 1.43 bits per heavy atom. The van der Waals surface area contributed by atoms with Crippen LogP contribution in [0.2, 0.25) is 31.7 Å². The normalized spacial score (nSPS) is 36.9. The van der Waals surface area contributed by atoms with Crippen LogP contribution in [0.3, 0.4) is 0 Å². The Labute approximate surface area is 92.5 Å². The first kappa shape index (κ1) is 12.4. The van der Waals surface area contributed by atoms with Crippen LogP contribution in [0.15, 0.2) is 12.7 Å². The standard InChI is InChI=1S/C10H24OSi3/c1-7-8-14(6)11-10(2,3)9-13(4,5)12-14/h7H,1,8-9,12H2,2-6H3. The molecule has 1 atom stereocenters. The second kappa shape index (κ2) is 3.73. The largest absolute Gasteiger partial charge is 0.416 e. The smallest absolute Gasteiger partial charge is 0.171 e. The summed E-state index contributed by atoms with van der Waals surface area (Å²) in [5.74, 6) is 0. The van der Waals surface area contributed by atoms with Crippen molar-refractivity contribution in [3.63, 3.8) is 0 Å². The third kappa shape index (κ3) is 3.19. The maximum atomic E-state index is 6.40. The van der Waals surface area contributed by atoms with Gasteiger partial charge in [0.05, 0.1) is 0 Å². The molecular weight excluding hydrogens is 220 g/mol. The van der Waals surface area contributed by atoms with Crippen molar-refractivity contribution in [3.8, 4) is 0 Å². The van der Waals surface area contributed by atoms with Crippen molar-refractivity contribution in [3.05, 3.63) is 12.7 Å². The van der Waals surface area contributed by atoms with Gasteiger partial charge in [0.2, 0.25) is 0 Å². The molecule has 0 N–H and O–H groups in total. The Bertz CT molecular complexity index is 220. The molecule has 14 heavy (non-hydrogen) atoms. The van der Waals surface area contributed by atoms with E-state index < -0.39 is 15.4 Å². The summed E-state index contributed by atoms with van der Waals surface area (Å²) in [5.41, 5.74) is 0.158. The van der Waals surface area contributed by atoms with Crippen LogP contribution in [0.4, 0.5) is 0 Å². The van der Waals surface area contributed by atoms with Crippen LogP contribution in [0, 0.1) is 0 Å². The highest BCUT2D eigenvalue weighted by molar-refractivity contribution is 7.51. The van der Waals surface area contributed by atoms with Gasteiger partial charge in [-0.25, -0.2) is 0 Å². The van der Waals surface area contributed by atoms with E-state index in [-0.39, 0.29) is 14.2 Å². The lowest BCUT2D eigenvalue weighted by Gasteiger charge is -2.48. The lowest BCUT2D eigenvalue weighted by molar-refractivity contribution is 0.122. The molecule has 0 amide bonds. The van der Waals surface area contributed by atoms with Gasteiger partial charge in [-0.1, -0.05) is 19.2 Å². The van der Waals surface area contributed by atoms with E-state index in [0.717, 1.165) is 0 Å². The second-order valence-electron chi connectivity index (χ2n) is 6.32. The summed E-state index contributed by atoms with van der Waals surface area (Å²) in [6, 6.07) is 2.55. The van der Waals surface area contributed by atoms with Gasteiger partial charge in [0.15, 0.2) is 7.83 Å². The predicted octanol–water partition coefficient (Wildman–Crippen LogP) is 2.43. The maximum absolute atomic E-state index is 6.40. The van der Waals surface area contributed by atoms with Gasteiger partial charge in [-0.15, -0.1) is 6.58 Å². The summed E-state index contributed by atoms with van der Waals surface area (Å²) < 4.78 is 6.40. The van der Waals surface area contributed by atoms with Crippen LogP contribution in [0.1, 0.15) is 13.8 Å². The minimum Gasteiger partial charge on any atom is -0.416 e. The number of hydrogen-bond acceptors (Lipinski definition) is 1. The average Bonchev–Trinajstić information content (AvgIpc) is 1.75. The fourth-order valence-corrected chi connectivity index (χ4v) is 42.4. The molecular formula is C10H24OSi3. The van der Waals surface area contributed by atoms with Gasteiger partial charge in [0.1, 0.15) is 0 Å². The first-order chi connectivity index (χ1) is 6.18. The van der Waals surface area contributed by atoms with E-state index in [0.29, 0.717) is 0 Å². The van der Waals surface area contributed by atoms with Crippen LogP contribution < -0.4 is 0 Å². The molecule has 0 aromatic carbocycles. The van der Waals surface area contributed by atoms with E-state index in [1.165, 1.54) is 12.1 Å². The Morgan fingerprint density at radius 3 is 2.43 bits per heavy atom. The topological polar surface area (TPSA) is 9.23 Å². The lowest BCUT2D eigenvalue weighted by atomic mass is 10.2. The van der Waals surface area contributed by atoms with Crippen LogP contribution in [-0.2, 0) is 4.43 Å². The van der Waals surface area contributed by atoms with Crippen LogP contribution in [0.5, 0.6) is 0 Å². The molecule has 0 spiro atoms. The van der Waals surface area contributed by atoms with Crippen LogP contribution in [-0.4, -0.2) is 29.6 Å². The van der Waals surface area contributed by atoms with Crippen molar-refractivity contribution in [2.75, 3.05) is 0 Å². The van der Waals surface area contributed by atoms with Gasteiger partial charge in [0.25, 0.3) is 0 Å². The van der Waals surface area contributed by atoms with Gasteiger partial charge in [0, 0.05) is 21.7 Å². The third-order valence-electron chi connectivity index (χ3n) is 2.86. The van der Waals surface area contributed by atoms with E-state index in [9.17, 15) is 0 Å². The van der Waals surface area contributed by atoms with Gasteiger partial charge < -0.3 is 4.43 Å². The molecule has 0 aliphatic carbocycles. The van der Waals surface area contributed by atoms with Crippen molar-refractivity contribution in [2.45, 2.75) is 51.2 Å². The quantitative estimate of drug-likeness (QED) is 0.535. The minimum atomic E-state index is -1.32. The molecule has 0 saturated carbocycles. The average molecular weight is 245 g/mol. The highest BCUT2D eigenvalue weighted by Crippen LogP contribution is 2.35. The highest BCUT2D eigenvalue weighted by Gasteiger charge is 2.47. The molecule has 1 aliphatic heterocycles. The number of hydrogen-bond donors (Lipinski definition) is 0. The molecule has 0 aromatic rings. The summed E-state index contributed by atoms with van der Waals surface area (Å²) in [6.45, 7) is 16.0. The van der Waals surface area contributed by atoms with Crippen LogP contribution >= 0.6 is 0 Å². The Kier molecular flexibility index (Phi) is 3.31. The number of rotatable bonds is 2. The van der Waals surface area contributed by atoms with Crippen molar-refractivity contribution >= 4 is 24.0 Å². The molecule has 1 saturated heterocycles.